The van der Waals surface area contributed by atoms with Gasteiger partial charge in [0, 0.05) is 11.3 Å². The number of carboxylic acids is 1. The number of carboxylic acid groups (broad SMARTS) is 1. The molecule has 2 aromatic rings. The number of hydrogen-bond acceptors (Lipinski definition) is 3. The van der Waals surface area contributed by atoms with Gasteiger partial charge < -0.3 is 5.11 Å². The summed E-state index contributed by atoms with van der Waals surface area (Å²) in [5, 5.41) is 7.87. The molecule has 0 amide bonds. The molecule has 0 bridgehead atoms. The number of carbonyl (C=O) groups excluding carboxylic acids is 1. The molecule has 0 saturated carbocycles. The molecule has 0 saturated heterocycles. The summed E-state index contributed by atoms with van der Waals surface area (Å²) in [6.07, 6.45) is -1.11. The molecule has 1 atom stereocenters. The number of aliphatic carboxylic acids is 1. The molecule has 138 valence electrons. The first-order valence-electron chi connectivity index (χ1n) is 7.17. The second-order valence-electron chi connectivity index (χ2n) is 5.23. The van der Waals surface area contributed by atoms with Crippen LogP contribution in [0.2, 0.25) is 0 Å². The first-order valence-corrected chi connectivity index (χ1v) is 8.16. The highest BCUT2D eigenvalue weighted by atomic mass is 32.2. The molecule has 0 heterocycles. The quantitative estimate of drug-likeness (QED) is 0.451. The van der Waals surface area contributed by atoms with Gasteiger partial charge in [0.15, 0.2) is 28.4 Å². The van der Waals surface area contributed by atoms with Crippen LogP contribution in [0.4, 0.5) is 22.0 Å². The Bertz CT molecular complexity index is 813. The van der Waals surface area contributed by atoms with Gasteiger partial charge in [0.1, 0.15) is 0 Å². The highest BCUT2D eigenvalue weighted by Gasteiger charge is 2.35. The van der Waals surface area contributed by atoms with E-state index in [2.05, 4.69) is 0 Å². The molecule has 0 fully saturated rings. The zero-order valence-corrected chi connectivity index (χ0v) is 13.8. The van der Waals surface area contributed by atoms with Crippen molar-refractivity contribution in [3.05, 3.63) is 70.5 Å². The van der Waals surface area contributed by atoms with Gasteiger partial charge in [0.05, 0.1) is 12.3 Å². The average Bonchev–Trinajstić information content (AvgIpc) is 2.62. The van der Waals surface area contributed by atoms with Gasteiger partial charge in [-0.2, -0.15) is 0 Å². The van der Waals surface area contributed by atoms with E-state index < -0.39 is 58.1 Å². The minimum Gasteiger partial charge on any atom is -0.481 e. The van der Waals surface area contributed by atoms with Crippen LogP contribution in [-0.4, -0.2) is 16.2 Å². The Labute approximate surface area is 148 Å². The summed E-state index contributed by atoms with van der Waals surface area (Å²) in [6, 6.07) is 8.39. The summed E-state index contributed by atoms with van der Waals surface area (Å²) < 4.78 is 67.8. The molecule has 0 aromatic heterocycles. The second kappa shape index (κ2) is 8.31. The Kier molecular flexibility index (Phi) is 6.36. The van der Waals surface area contributed by atoms with Crippen molar-refractivity contribution >= 4 is 22.8 Å². The molecule has 0 aliphatic heterocycles. The lowest BCUT2D eigenvalue weighted by Crippen LogP contribution is -2.20. The summed E-state index contributed by atoms with van der Waals surface area (Å²) in [6.45, 7) is 0. The fourth-order valence-corrected chi connectivity index (χ4v) is 3.14. The molecule has 0 spiro atoms. The molecular formula is C17H11F5O3S. The maximum absolute atomic E-state index is 14.0. The van der Waals surface area contributed by atoms with Gasteiger partial charge in [-0.15, -0.1) is 0 Å². The maximum Gasteiger partial charge on any atom is 0.304 e. The van der Waals surface area contributed by atoms with E-state index in [9.17, 15) is 31.5 Å². The Morgan fingerprint density at radius 3 is 1.88 bits per heavy atom. The molecule has 2 rings (SSSR count). The van der Waals surface area contributed by atoms with Gasteiger partial charge in [-0.1, -0.05) is 42.1 Å². The van der Waals surface area contributed by atoms with E-state index >= 15 is 0 Å². The van der Waals surface area contributed by atoms with Crippen molar-refractivity contribution in [3.63, 3.8) is 0 Å². The minimum atomic E-state index is -2.37. The largest absolute Gasteiger partial charge is 0.481 e. The zero-order valence-electron chi connectivity index (χ0n) is 12.9. The lowest BCUT2D eigenvalue weighted by atomic mass is 9.95. The molecule has 9 heteroatoms. The number of hydrogen-bond donors (Lipinski definition) is 1. The van der Waals surface area contributed by atoms with Crippen molar-refractivity contribution in [2.24, 2.45) is 0 Å². The van der Waals surface area contributed by atoms with Crippen molar-refractivity contribution in [2.75, 3.05) is 0 Å². The lowest BCUT2D eigenvalue weighted by molar-refractivity contribution is -0.138. The minimum absolute atomic E-state index is 0.0468. The van der Waals surface area contributed by atoms with Crippen LogP contribution < -0.4 is 0 Å². The van der Waals surface area contributed by atoms with Crippen molar-refractivity contribution in [1.82, 2.24) is 0 Å². The number of halogens is 5. The molecule has 2 aromatic carbocycles. The molecule has 0 radical (unpaired) electrons. The second-order valence-corrected chi connectivity index (χ2v) is 6.21. The summed E-state index contributed by atoms with van der Waals surface area (Å²) in [5.74, 6) is -14.8. The normalized spacial score (nSPS) is 12.0. The van der Waals surface area contributed by atoms with E-state index in [0.717, 1.165) is 0 Å². The summed E-state index contributed by atoms with van der Waals surface area (Å²) >= 11 is 0.534. The summed E-state index contributed by atoms with van der Waals surface area (Å²) in [4.78, 5) is 23.2. The monoisotopic (exact) mass is 390 g/mol. The highest BCUT2D eigenvalue weighted by molar-refractivity contribution is 8.13. The van der Waals surface area contributed by atoms with E-state index in [1.165, 1.54) is 0 Å². The van der Waals surface area contributed by atoms with Gasteiger partial charge in [-0.05, 0) is 5.56 Å². The van der Waals surface area contributed by atoms with Crippen molar-refractivity contribution in [3.8, 4) is 0 Å². The Morgan fingerprint density at radius 2 is 1.38 bits per heavy atom. The first kappa shape index (κ1) is 19.9. The third kappa shape index (κ3) is 4.21. The predicted molar refractivity (Wildman–Crippen MR) is 84.0 cm³/mol. The van der Waals surface area contributed by atoms with Crippen LogP contribution in [0.3, 0.4) is 0 Å². The van der Waals surface area contributed by atoms with Crippen molar-refractivity contribution < 1.29 is 36.6 Å². The molecular weight excluding hydrogens is 379 g/mol. The standard InChI is InChI=1S/C17H11F5O3S/c18-12-11(13(19)15(21)16(22)14(12)20)9(6-10(23)24)17(25)26-7-8-4-2-1-3-5-8/h1-5,9H,6-7H2,(H,23,24). The topological polar surface area (TPSA) is 54.4 Å². The summed E-state index contributed by atoms with van der Waals surface area (Å²) in [7, 11) is 0. The van der Waals surface area contributed by atoms with Gasteiger partial charge in [0.25, 0.3) is 0 Å². The van der Waals surface area contributed by atoms with Crippen LogP contribution >= 0.6 is 11.8 Å². The van der Waals surface area contributed by atoms with E-state index in [1.807, 2.05) is 0 Å². The third-order valence-electron chi connectivity index (χ3n) is 3.48. The number of carbonyl (C=O) groups is 2. The van der Waals surface area contributed by atoms with Gasteiger partial charge >= 0.3 is 5.97 Å². The highest BCUT2D eigenvalue weighted by Crippen LogP contribution is 2.34. The van der Waals surface area contributed by atoms with Crippen LogP contribution in [0, 0.1) is 29.1 Å². The Balaban J connectivity index is 2.39. The molecule has 0 aliphatic rings. The first-order chi connectivity index (χ1) is 12.2. The SMILES string of the molecule is O=C(O)CC(C(=O)SCc1ccccc1)c1c(F)c(F)c(F)c(F)c1F. The van der Waals surface area contributed by atoms with E-state index in [0.29, 0.717) is 17.3 Å². The summed E-state index contributed by atoms with van der Waals surface area (Å²) in [5.41, 5.74) is -0.772. The average molecular weight is 390 g/mol. The molecule has 3 nitrogen and oxygen atoms in total. The fourth-order valence-electron chi connectivity index (χ4n) is 2.23. The molecule has 0 aliphatic carbocycles. The molecule has 1 unspecified atom stereocenters. The van der Waals surface area contributed by atoms with E-state index in [-0.39, 0.29) is 5.75 Å². The van der Waals surface area contributed by atoms with E-state index in [4.69, 9.17) is 5.11 Å². The van der Waals surface area contributed by atoms with Crippen LogP contribution in [-0.2, 0) is 15.3 Å². The Hall–Kier alpha value is -2.42. The maximum atomic E-state index is 14.0. The van der Waals surface area contributed by atoms with Crippen LogP contribution in [0.1, 0.15) is 23.5 Å². The van der Waals surface area contributed by atoms with Crippen molar-refractivity contribution in [1.29, 1.82) is 0 Å². The number of thioether (sulfide) groups is 1. The number of benzene rings is 2. The van der Waals surface area contributed by atoms with Crippen LogP contribution in [0.25, 0.3) is 0 Å². The van der Waals surface area contributed by atoms with Gasteiger partial charge in [0.2, 0.25) is 5.82 Å². The fraction of sp³-hybridized carbons (Fsp3) is 0.176. The third-order valence-corrected chi connectivity index (χ3v) is 4.53. The number of rotatable bonds is 6. The van der Waals surface area contributed by atoms with Gasteiger partial charge in [-0.3, -0.25) is 9.59 Å². The van der Waals surface area contributed by atoms with Gasteiger partial charge in [-0.25, -0.2) is 22.0 Å². The zero-order chi connectivity index (χ0) is 19.4. The van der Waals surface area contributed by atoms with Crippen LogP contribution in [0.5, 0.6) is 0 Å². The molecule has 26 heavy (non-hydrogen) atoms. The smallest absolute Gasteiger partial charge is 0.304 e. The van der Waals surface area contributed by atoms with Crippen LogP contribution in [0.15, 0.2) is 30.3 Å². The lowest BCUT2D eigenvalue weighted by Gasteiger charge is -2.16. The molecule has 1 N–H and O–H groups in total. The van der Waals surface area contributed by atoms with Crippen molar-refractivity contribution in [2.45, 2.75) is 18.1 Å². The van der Waals surface area contributed by atoms with E-state index in [1.54, 1.807) is 30.3 Å². The predicted octanol–water partition coefficient (Wildman–Crippen LogP) is 4.40. The Morgan fingerprint density at radius 1 is 0.885 bits per heavy atom.